The molecule has 5 heteroatoms. The molecule has 1 aromatic heterocycles. The molecule has 1 aliphatic heterocycles. The maximum absolute atomic E-state index is 5.10. The second kappa shape index (κ2) is 3.75. The Kier molecular flexibility index (Phi) is 2.63. The van der Waals surface area contributed by atoms with Crippen molar-refractivity contribution >= 4 is 28.5 Å². The van der Waals surface area contributed by atoms with Crippen LogP contribution in [0.4, 0.5) is 5.95 Å². The van der Waals surface area contributed by atoms with Crippen LogP contribution in [0.1, 0.15) is 0 Å². The normalized spacial score (nSPS) is 16.8. The Hall–Kier alpha value is -0.430. The molecule has 13 heavy (non-hydrogen) atoms. The molecule has 0 bridgehead atoms. The number of ether oxygens (including phenoxy) is 1. The second-order valence-corrected chi connectivity index (χ2v) is 4.25. The van der Waals surface area contributed by atoms with Gasteiger partial charge in [-0.1, -0.05) is 0 Å². The first-order chi connectivity index (χ1) is 6.27. The van der Waals surface area contributed by atoms with Crippen LogP contribution in [0.5, 0.6) is 0 Å². The van der Waals surface area contributed by atoms with E-state index in [4.69, 9.17) is 4.74 Å². The zero-order chi connectivity index (χ0) is 9.26. The standard InChI is InChI=1S/C8H10IN3O/c1-12(7-4-13-5-7)8-10-2-6(9)3-11-8/h2-3,7H,4-5H2,1H3. The van der Waals surface area contributed by atoms with Crippen LogP contribution in [0.3, 0.4) is 0 Å². The molecule has 0 spiro atoms. The number of rotatable bonds is 2. The maximum atomic E-state index is 5.10. The van der Waals surface area contributed by atoms with Crippen LogP contribution in [0.25, 0.3) is 0 Å². The Balaban J connectivity index is 2.10. The van der Waals surface area contributed by atoms with Gasteiger partial charge in [0.1, 0.15) is 0 Å². The van der Waals surface area contributed by atoms with Gasteiger partial charge in [-0.3, -0.25) is 0 Å². The Morgan fingerprint density at radius 2 is 2.08 bits per heavy atom. The van der Waals surface area contributed by atoms with E-state index >= 15 is 0 Å². The average Bonchev–Trinajstić information content (AvgIpc) is 2.02. The van der Waals surface area contributed by atoms with Gasteiger partial charge in [0.25, 0.3) is 0 Å². The molecule has 0 aromatic carbocycles. The van der Waals surface area contributed by atoms with Crippen molar-refractivity contribution in [2.75, 3.05) is 25.2 Å². The van der Waals surface area contributed by atoms with E-state index in [2.05, 4.69) is 37.5 Å². The lowest BCUT2D eigenvalue weighted by atomic mass is 10.2. The van der Waals surface area contributed by atoms with Crippen molar-refractivity contribution in [1.82, 2.24) is 9.97 Å². The minimum atomic E-state index is 0.445. The monoisotopic (exact) mass is 291 g/mol. The summed E-state index contributed by atoms with van der Waals surface area (Å²) in [7, 11) is 2.00. The SMILES string of the molecule is CN(c1ncc(I)cn1)C1COC1. The van der Waals surface area contributed by atoms with E-state index < -0.39 is 0 Å². The van der Waals surface area contributed by atoms with E-state index in [1.807, 2.05) is 19.4 Å². The van der Waals surface area contributed by atoms with Crippen molar-refractivity contribution in [1.29, 1.82) is 0 Å². The summed E-state index contributed by atoms with van der Waals surface area (Å²) in [4.78, 5) is 10.5. The predicted octanol–water partition coefficient (Wildman–Crippen LogP) is 0.916. The molecular weight excluding hydrogens is 281 g/mol. The summed E-state index contributed by atoms with van der Waals surface area (Å²) in [5.74, 6) is 0.772. The van der Waals surface area contributed by atoms with Crippen molar-refractivity contribution < 1.29 is 4.74 Å². The van der Waals surface area contributed by atoms with Crippen LogP contribution in [0, 0.1) is 3.57 Å². The number of likely N-dealkylation sites (N-methyl/N-ethyl adjacent to an activating group) is 1. The van der Waals surface area contributed by atoms with Crippen molar-refractivity contribution in [3.63, 3.8) is 0 Å². The number of aromatic nitrogens is 2. The molecule has 2 heterocycles. The summed E-state index contributed by atoms with van der Waals surface area (Å²) >= 11 is 2.19. The summed E-state index contributed by atoms with van der Waals surface area (Å²) in [6, 6.07) is 0.445. The topological polar surface area (TPSA) is 38.2 Å². The zero-order valence-electron chi connectivity index (χ0n) is 7.27. The first kappa shape index (κ1) is 9.14. The van der Waals surface area contributed by atoms with Crippen LogP contribution >= 0.6 is 22.6 Å². The number of anilines is 1. The Bertz CT molecular complexity index is 286. The lowest BCUT2D eigenvalue weighted by molar-refractivity contribution is 0.00960. The summed E-state index contributed by atoms with van der Waals surface area (Å²) in [6.07, 6.45) is 3.64. The highest BCUT2D eigenvalue weighted by molar-refractivity contribution is 14.1. The number of nitrogens with zero attached hydrogens (tertiary/aromatic N) is 3. The highest BCUT2D eigenvalue weighted by Crippen LogP contribution is 2.14. The Morgan fingerprint density at radius 3 is 2.54 bits per heavy atom. The summed E-state index contributed by atoms with van der Waals surface area (Å²) in [5, 5.41) is 0. The fourth-order valence-corrected chi connectivity index (χ4v) is 1.38. The molecular formula is C8H10IN3O. The van der Waals surface area contributed by atoms with Gasteiger partial charge in [0.15, 0.2) is 0 Å². The number of hydrogen-bond donors (Lipinski definition) is 0. The third-order valence-corrected chi connectivity index (χ3v) is 2.65. The molecule has 2 rings (SSSR count). The molecule has 0 atom stereocenters. The lowest BCUT2D eigenvalue weighted by Crippen LogP contribution is -2.47. The van der Waals surface area contributed by atoms with Gasteiger partial charge in [-0.2, -0.15) is 0 Å². The van der Waals surface area contributed by atoms with Gasteiger partial charge in [-0.25, -0.2) is 9.97 Å². The van der Waals surface area contributed by atoms with E-state index in [0.717, 1.165) is 22.7 Å². The second-order valence-electron chi connectivity index (χ2n) is 3.00. The van der Waals surface area contributed by atoms with E-state index in [1.54, 1.807) is 0 Å². The minimum absolute atomic E-state index is 0.445. The van der Waals surface area contributed by atoms with Gasteiger partial charge in [-0.15, -0.1) is 0 Å². The molecule has 0 N–H and O–H groups in total. The van der Waals surface area contributed by atoms with Crippen LogP contribution in [-0.2, 0) is 4.74 Å². The predicted molar refractivity (Wildman–Crippen MR) is 57.8 cm³/mol. The molecule has 70 valence electrons. The molecule has 1 aliphatic rings. The van der Waals surface area contributed by atoms with Gasteiger partial charge in [-0.05, 0) is 22.6 Å². The molecule has 1 saturated heterocycles. The molecule has 0 aliphatic carbocycles. The van der Waals surface area contributed by atoms with Crippen molar-refractivity contribution in [3.8, 4) is 0 Å². The minimum Gasteiger partial charge on any atom is -0.377 e. The van der Waals surface area contributed by atoms with E-state index in [0.29, 0.717) is 6.04 Å². The van der Waals surface area contributed by atoms with Gasteiger partial charge >= 0.3 is 0 Å². The van der Waals surface area contributed by atoms with Gasteiger partial charge in [0.2, 0.25) is 5.95 Å². The molecule has 1 aromatic rings. The third kappa shape index (κ3) is 1.91. The van der Waals surface area contributed by atoms with E-state index in [1.165, 1.54) is 0 Å². The molecule has 0 saturated carbocycles. The van der Waals surface area contributed by atoms with Crippen molar-refractivity contribution in [2.24, 2.45) is 0 Å². The van der Waals surface area contributed by atoms with Crippen LogP contribution in [0.2, 0.25) is 0 Å². The summed E-state index contributed by atoms with van der Waals surface area (Å²) < 4.78 is 6.16. The number of halogens is 1. The Morgan fingerprint density at radius 1 is 1.46 bits per heavy atom. The molecule has 0 radical (unpaired) electrons. The van der Waals surface area contributed by atoms with Crippen LogP contribution in [0.15, 0.2) is 12.4 Å². The van der Waals surface area contributed by atoms with Gasteiger partial charge < -0.3 is 9.64 Å². The fourth-order valence-electron chi connectivity index (χ4n) is 1.10. The van der Waals surface area contributed by atoms with Gasteiger partial charge in [0.05, 0.1) is 19.3 Å². The summed E-state index contributed by atoms with van der Waals surface area (Å²) in [6.45, 7) is 1.57. The van der Waals surface area contributed by atoms with E-state index in [-0.39, 0.29) is 0 Å². The Labute approximate surface area is 90.5 Å². The fraction of sp³-hybridized carbons (Fsp3) is 0.500. The first-order valence-corrected chi connectivity index (χ1v) is 5.13. The van der Waals surface area contributed by atoms with Crippen molar-refractivity contribution in [3.05, 3.63) is 16.0 Å². The lowest BCUT2D eigenvalue weighted by Gasteiger charge is -2.34. The smallest absolute Gasteiger partial charge is 0.225 e. The van der Waals surface area contributed by atoms with E-state index in [9.17, 15) is 0 Å². The van der Waals surface area contributed by atoms with Crippen LogP contribution in [-0.4, -0.2) is 36.3 Å². The summed E-state index contributed by atoms with van der Waals surface area (Å²) in [5.41, 5.74) is 0. The highest BCUT2D eigenvalue weighted by atomic mass is 127. The third-order valence-electron chi connectivity index (χ3n) is 2.09. The molecule has 0 unspecified atom stereocenters. The molecule has 1 fully saturated rings. The quantitative estimate of drug-likeness (QED) is 0.759. The highest BCUT2D eigenvalue weighted by Gasteiger charge is 2.24. The first-order valence-electron chi connectivity index (χ1n) is 4.05. The van der Waals surface area contributed by atoms with Crippen molar-refractivity contribution in [2.45, 2.75) is 6.04 Å². The van der Waals surface area contributed by atoms with Gasteiger partial charge in [0, 0.05) is 23.0 Å². The molecule has 0 amide bonds. The molecule has 4 nitrogen and oxygen atoms in total. The van der Waals surface area contributed by atoms with Crippen LogP contribution < -0.4 is 4.90 Å². The zero-order valence-corrected chi connectivity index (χ0v) is 9.43. The number of hydrogen-bond acceptors (Lipinski definition) is 4. The average molecular weight is 291 g/mol. The largest absolute Gasteiger partial charge is 0.377 e. The maximum Gasteiger partial charge on any atom is 0.225 e.